The van der Waals surface area contributed by atoms with Crippen molar-refractivity contribution < 1.29 is 14.6 Å². The van der Waals surface area contributed by atoms with Crippen molar-refractivity contribution >= 4 is 32.5 Å². The molecule has 3 rings (SSSR count). The lowest BCUT2D eigenvalue weighted by Gasteiger charge is -2.26. The summed E-state index contributed by atoms with van der Waals surface area (Å²) in [7, 11) is 1.70. The van der Waals surface area contributed by atoms with E-state index in [4.69, 9.17) is 4.74 Å². The summed E-state index contributed by atoms with van der Waals surface area (Å²) in [5.74, 6) is 1.61. The Morgan fingerprint density at radius 1 is 1.30 bits per heavy atom. The smallest absolute Gasteiger partial charge is 0.166 e. The number of methoxy groups -OCH3 is 1. The largest absolute Gasteiger partial charge is 0.507 e. The summed E-state index contributed by atoms with van der Waals surface area (Å²) >= 11 is 3.45. The van der Waals surface area contributed by atoms with Gasteiger partial charge in [0.25, 0.3) is 0 Å². The Morgan fingerprint density at radius 3 is 2.81 bits per heavy atom. The second kappa shape index (κ2) is 8.30. The van der Waals surface area contributed by atoms with Crippen LogP contribution in [0.4, 0.5) is 0 Å². The number of hydrogen-bond acceptors (Lipinski definition) is 3. The van der Waals surface area contributed by atoms with Gasteiger partial charge in [-0.05, 0) is 71.4 Å². The molecule has 142 valence electrons. The highest BCUT2D eigenvalue weighted by Gasteiger charge is 2.23. The van der Waals surface area contributed by atoms with Gasteiger partial charge in [0, 0.05) is 10.9 Å². The average molecular weight is 429 g/mol. The van der Waals surface area contributed by atoms with E-state index in [0.29, 0.717) is 17.9 Å². The number of carbonyl (C=O) groups is 1. The normalized spacial score (nSPS) is 18.0. The van der Waals surface area contributed by atoms with E-state index >= 15 is 0 Å². The molecule has 0 fully saturated rings. The predicted octanol–water partition coefficient (Wildman–Crippen LogP) is 6.40. The maximum atomic E-state index is 12.8. The fourth-order valence-corrected chi connectivity index (χ4v) is 4.26. The number of fused-ring (bicyclic) bond motifs is 1. The lowest BCUT2D eigenvalue weighted by molar-refractivity contribution is 0.0973. The van der Waals surface area contributed by atoms with Crippen LogP contribution in [0.1, 0.15) is 43.5 Å². The van der Waals surface area contributed by atoms with Crippen LogP contribution in [0.2, 0.25) is 0 Å². The third-order valence-electron chi connectivity index (χ3n) is 5.35. The van der Waals surface area contributed by atoms with Crippen LogP contribution >= 0.6 is 15.9 Å². The third-order valence-corrected chi connectivity index (χ3v) is 5.84. The van der Waals surface area contributed by atoms with E-state index in [1.165, 1.54) is 5.57 Å². The van der Waals surface area contributed by atoms with Crippen LogP contribution in [-0.2, 0) is 4.74 Å². The van der Waals surface area contributed by atoms with Crippen LogP contribution < -0.4 is 0 Å². The van der Waals surface area contributed by atoms with Gasteiger partial charge in [0.15, 0.2) is 5.78 Å². The zero-order chi connectivity index (χ0) is 19.6. The Morgan fingerprint density at radius 2 is 2.07 bits per heavy atom. The monoisotopic (exact) mass is 428 g/mol. The molecule has 0 amide bonds. The molecular weight excluding hydrogens is 404 g/mol. The molecule has 0 saturated carbocycles. The quantitative estimate of drug-likeness (QED) is 0.541. The summed E-state index contributed by atoms with van der Waals surface area (Å²) in [6.07, 6.45) is 6.29. The van der Waals surface area contributed by atoms with E-state index < -0.39 is 0 Å². The molecule has 0 radical (unpaired) electrons. The third kappa shape index (κ3) is 4.27. The first-order valence-electron chi connectivity index (χ1n) is 9.30. The molecule has 27 heavy (non-hydrogen) atoms. The number of phenolic OH excluding ortho intramolecular Hbond substituents is 1. The highest BCUT2D eigenvalue weighted by atomic mass is 79.9. The molecule has 2 atom stereocenters. The molecular formula is C23H25BrO3. The molecule has 0 heterocycles. The molecule has 1 aliphatic carbocycles. The lowest BCUT2D eigenvalue weighted by atomic mass is 9.81. The first kappa shape index (κ1) is 19.7. The second-order valence-corrected chi connectivity index (χ2v) is 8.20. The van der Waals surface area contributed by atoms with Crippen molar-refractivity contribution in [3.05, 3.63) is 63.9 Å². The zero-order valence-electron chi connectivity index (χ0n) is 16.0. The van der Waals surface area contributed by atoms with Gasteiger partial charge in [-0.1, -0.05) is 41.9 Å². The number of Topliss-reactive ketones (excluding diaryl/α,β-unsaturated/α-hetero) is 1. The van der Waals surface area contributed by atoms with E-state index in [0.717, 1.165) is 33.8 Å². The summed E-state index contributed by atoms with van der Waals surface area (Å²) in [6.45, 7) is 4.35. The van der Waals surface area contributed by atoms with Gasteiger partial charge in [-0.25, -0.2) is 0 Å². The SMILES string of the molecule is COC1=C(C(C)CCC(=O)c2cc3cc(Br)ccc3cc2O)C(C)CC=C1. The minimum atomic E-state index is -0.0280. The van der Waals surface area contributed by atoms with Gasteiger partial charge >= 0.3 is 0 Å². The molecule has 0 spiro atoms. The van der Waals surface area contributed by atoms with E-state index in [9.17, 15) is 9.90 Å². The Kier molecular flexibility index (Phi) is 6.05. The van der Waals surface area contributed by atoms with Crippen molar-refractivity contribution in [2.75, 3.05) is 7.11 Å². The summed E-state index contributed by atoms with van der Waals surface area (Å²) in [5, 5.41) is 12.2. The highest BCUT2D eigenvalue weighted by Crippen LogP contribution is 2.34. The molecule has 0 aromatic heterocycles. The average Bonchev–Trinajstić information content (AvgIpc) is 2.65. The molecule has 2 aromatic rings. The van der Waals surface area contributed by atoms with Crippen LogP contribution in [0.5, 0.6) is 5.75 Å². The summed E-state index contributed by atoms with van der Waals surface area (Å²) < 4.78 is 6.48. The number of phenols is 1. The number of carbonyl (C=O) groups excluding carboxylic acids is 1. The van der Waals surface area contributed by atoms with Gasteiger partial charge in [-0.15, -0.1) is 0 Å². The van der Waals surface area contributed by atoms with Gasteiger partial charge in [-0.2, -0.15) is 0 Å². The summed E-state index contributed by atoms with van der Waals surface area (Å²) in [6, 6.07) is 9.25. The first-order chi connectivity index (χ1) is 12.9. The second-order valence-electron chi connectivity index (χ2n) is 7.29. The molecule has 0 saturated heterocycles. The molecule has 0 aliphatic heterocycles. The Hall–Kier alpha value is -2.07. The van der Waals surface area contributed by atoms with Crippen molar-refractivity contribution in [1.29, 1.82) is 0 Å². The zero-order valence-corrected chi connectivity index (χ0v) is 17.5. The van der Waals surface area contributed by atoms with Gasteiger partial charge in [0.1, 0.15) is 11.5 Å². The van der Waals surface area contributed by atoms with Gasteiger partial charge < -0.3 is 9.84 Å². The topological polar surface area (TPSA) is 46.5 Å². The van der Waals surface area contributed by atoms with E-state index in [1.807, 2.05) is 24.3 Å². The number of halogens is 1. The van der Waals surface area contributed by atoms with E-state index in [1.54, 1.807) is 19.2 Å². The first-order valence-corrected chi connectivity index (χ1v) is 10.1. The highest BCUT2D eigenvalue weighted by molar-refractivity contribution is 9.10. The fraction of sp³-hybridized carbons (Fsp3) is 0.348. The molecule has 2 unspecified atom stereocenters. The Bertz CT molecular complexity index is 927. The Balaban J connectivity index is 1.77. The molecule has 3 nitrogen and oxygen atoms in total. The van der Waals surface area contributed by atoms with Crippen molar-refractivity contribution in [2.24, 2.45) is 11.8 Å². The van der Waals surface area contributed by atoms with E-state index in [2.05, 4.69) is 35.9 Å². The minimum Gasteiger partial charge on any atom is -0.507 e. The maximum Gasteiger partial charge on any atom is 0.166 e. The van der Waals surface area contributed by atoms with Crippen LogP contribution in [0, 0.1) is 11.8 Å². The lowest BCUT2D eigenvalue weighted by Crippen LogP contribution is -2.15. The van der Waals surface area contributed by atoms with Gasteiger partial charge in [-0.3, -0.25) is 4.79 Å². The number of ether oxygens (including phenoxy) is 1. The van der Waals surface area contributed by atoms with Crippen LogP contribution in [-0.4, -0.2) is 18.0 Å². The van der Waals surface area contributed by atoms with Crippen molar-refractivity contribution in [2.45, 2.75) is 33.1 Å². The molecule has 1 N–H and O–H groups in total. The standard InChI is InChI=1S/C23H25BrO3/c1-14-5-4-6-22(27-3)23(14)15(2)7-10-20(25)19-12-17-11-18(24)9-8-16(17)13-21(19)26/h4,6,8-9,11-15,26H,5,7,10H2,1-3H3. The van der Waals surface area contributed by atoms with Gasteiger partial charge in [0.2, 0.25) is 0 Å². The van der Waals surface area contributed by atoms with Crippen LogP contribution in [0.15, 0.2) is 58.3 Å². The number of ketones is 1. The molecule has 0 bridgehead atoms. The van der Waals surface area contributed by atoms with Crippen LogP contribution in [0.25, 0.3) is 10.8 Å². The number of aromatic hydroxyl groups is 1. The Labute approximate surface area is 168 Å². The number of rotatable bonds is 6. The van der Waals surface area contributed by atoms with Crippen molar-refractivity contribution in [3.63, 3.8) is 0 Å². The summed E-state index contributed by atoms with van der Waals surface area (Å²) in [5.41, 5.74) is 1.67. The molecule has 2 aromatic carbocycles. The molecule has 1 aliphatic rings. The van der Waals surface area contributed by atoms with Crippen LogP contribution in [0.3, 0.4) is 0 Å². The fourth-order valence-electron chi connectivity index (χ4n) is 3.88. The summed E-state index contributed by atoms with van der Waals surface area (Å²) in [4.78, 5) is 12.8. The predicted molar refractivity (Wildman–Crippen MR) is 113 cm³/mol. The number of hydrogen-bond donors (Lipinski definition) is 1. The number of allylic oxidation sites excluding steroid dienone is 3. The van der Waals surface area contributed by atoms with Gasteiger partial charge in [0.05, 0.1) is 12.7 Å². The maximum absolute atomic E-state index is 12.8. The van der Waals surface area contributed by atoms with Crippen molar-refractivity contribution in [3.8, 4) is 5.75 Å². The van der Waals surface area contributed by atoms with Crippen molar-refractivity contribution in [1.82, 2.24) is 0 Å². The number of benzene rings is 2. The minimum absolute atomic E-state index is 0.0280. The molecule has 4 heteroatoms. The van der Waals surface area contributed by atoms with E-state index in [-0.39, 0.29) is 17.5 Å².